The molecule has 0 aromatic carbocycles. The molecule has 0 spiro atoms. The summed E-state index contributed by atoms with van der Waals surface area (Å²) in [6.45, 7) is 0.991. The van der Waals surface area contributed by atoms with Gasteiger partial charge in [-0.25, -0.2) is 0 Å². The Morgan fingerprint density at radius 2 is 2.42 bits per heavy atom. The van der Waals surface area contributed by atoms with Crippen LogP contribution in [0.1, 0.15) is 12.8 Å². The van der Waals surface area contributed by atoms with Crippen LogP contribution >= 0.6 is 0 Å². The highest BCUT2D eigenvalue weighted by molar-refractivity contribution is 5.75. The lowest BCUT2D eigenvalue weighted by atomic mass is 10.1. The fourth-order valence-electron chi connectivity index (χ4n) is 1.13. The molecular weight excluding hydrogens is 152 g/mol. The second-order valence-corrected chi connectivity index (χ2v) is 2.83. The standard InChI is InChI=1S/C9H14N2O/c10-9(12)7-11-6-8-4-2-1-3-5-8/h2,4-5,11H,1,3,6-7H2,(H2,10,12). The molecule has 0 aromatic rings. The first kappa shape index (κ1) is 9.00. The molecule has 3 N–H and O–H groups in total. The normalized spacial score (nSPS) is 15.8. The quantitative estimate of drug-likeness (QED) is 0.632. The summed E-state index contributed by atoms with van der Waals surface area (Å²) in [7, 11) is 0. The Kier molecular flexibility index (Phi) is 3.54. The molecule has 3 heteroatoms. The van der Waals surface area contributed by atoms with Crippen molar-refractivity contribution in [2.24, 2.45) is 5.73 Å². The van der Waals surface area contributed by atoms with Crippen molar-refractivity contribution < 1.29 is 4.79 Å². The Morgan fingerprint density at radius 1 is 1.58 bits per heavy atom. The summed E-state index contributed by atoms with van der Waals surface area (Å²) in [6.07, 6.45) is 8.62. The van der Waals surface area contributed by atoms with E-state index in [1.165, 1.54) is 5.57 Å². The van der Waals surface area contributed by atoms with Crippen LogP contribution < -0.4 is 11.1 Å². The molecule has 0 aromatic heterocycles. The highest BCUT2D eigenvalue weighted by atomic mass is 16.1. The molecule has 3 nitrogen and oxygen atoms in total. The van der Waals surface area contributed by atoms with E-state index in [1.807, 2.05) is 0 Å². The number of carbonyl (C=O) groups excluding carboxylic acids is 1. The minimum Gasteiger partial charge on any atom is -0.369 e. The number of amides is 1. The third-order valence-corrected chi connectivity index (χ3v) is 1.70. The lowest BCUT2D eigenvalue weighted by Gasteiger charge is -2.06. The van der Waals surface area contributed by atoms with Gasteiger partial charge in [-0.2, -0.15) is 0 Å². The summed E-state index contributed by atoms with van der Waals surface area (Å²) in [5.41, 5.74) is 6.21. The van der Waals surface area contributed by atoms with Crippen molar-refractivity contribution in [1.29, 1.82) is 0 Å². The Balaban J connectivity index is 2.18. The predicted octanol–water partition coefficient (Wildman–Crippen LogP) is 0.338. The summed E-state index contributed by atoms with van der Waals surface area (Å²) in [6, 6.07) is 0. The molecule has 1 amide bonds. The van der Waals surface area contributed by atoms with Crippen LogP contribution in [0.25, 0.3) is 0 Å². The minimum absolute atomic E-state index is 0.255. The van der Waals surface area contributed by atoms with Crippen LogP contribution in [0.15, 0.2) is 23.8 Å². The van der Waals surface area contributed by atoms with Crippen LogP contribution in [0.5, 0.6) is 0 Å². The molecule has 66 valence electrons. The molecule has 0 saturated heterocycles. The van der Waals surface area contributed by atoms with E-state index < -0.39 is 0 Å². The SMILES string of the molecule is NC(=O)CNCC1=CCCC=C1. The zero-order valence-corrected chi connectivity index (χ0v) is 7.05. The van der Waals surface area contributed by atoms with Gasteiger partial charge >= 0.3 is 0 Å². The fourth-order valence-corrected chi connectivity index (χ4v) is 1.13. The summed E-state index contributed by atoms with van der Waals surface area (Å²) < 4.78 is 0. The Labute approximate surface area is 72.3 Å². The van der Waals surface area contributed by atoms with E-state index in [4.69, 9.17) is 5.73 Å². The molecule has 0 radical (unpaired) electrons. The average Bonchev–Trinajstić information content (AvgIpc) is 2.05. The van der Waals surface area contributed by atoms with Gasteiger partial charge in [0.1, 0.15) is 0 Å². The Morgan fingerprint density at radius 3 is 3.00 bits per heavy atom. The number of primary amides is 1. The van der Waals surface area contributed by atoms with E-state index >= 15 is 0 Å². The maximum Gasteiger partial charge on any atom is 0.231 e. The van der Waals surface area contributed by atoms with Crippen molar-refractivity contribution in [2.45, 2.75) is 12.8 Å². The van der Waals surface area contributed by atoms with E-state index in [9.17, 15) is 4.79 Å². The molecular formula is C9H14N2O. The van der Waals surface area contributed by atoms with Gasteiger partial charge in [0.05, 0.1) is 6.54 Å². The molecule has 0 aliphatic heterocycles. The van der Waals surface area contributed by atoms with Crippen LogP contribution in [0.2, 0.25) is 0 Å². The van der Waals surface area contributed by atoms with Gasteiger partial charge in [0, 0.05) is 6.54 Å². The molecule has 0 heterocycles. The molecule has 0 bridgehead atoms. The predicted molar refractivity (Wildman–Crippen MR) is 48.5 cm³/mol. The van der Waals surface area contributed by atoms with E-state index in [0.717, 1.165) is 19.4 Å². The Hall–Kier alpha value is -1.09. The second kappa shape index (κ2) is 4.72. The van der Waals surface area contributed by atoms with Crippen molar-refractivity contribution in [1.82, 2.24) is 5.32 Å². The van der Waals surface area contributed by atoms with Crippen molar-refractivity contribution in [3.8, 4) is 0 Å². The van der Waals surface area contributed by atoms with E-state index in [0.29, 0.717) is 0 Å². The van der Waals surface area contributed by atoms with Gasteiger partial charge in [-0.05, 0) is 18.4 Å². The van der Waals surface area contributed by atoms with E-state index in [2.05, 4.69) is 23.5 Å². The number of hydrogen-bond donors (Lipinski definition) is 2. The van der Waals surface area contributed by atoms with Gasteiger partial charge in [-0.3, -0.25) is 4.79 Å². The van der Waals surface area contributed by atoms with Gasteiger partial charge < -0.3 is 11.1 Å². The highest BCUT2D eigenvalue weighted by Gasteiger charge is 1.97. The zero-order valence-electron chi connectivity index (χ0n) is 7.05. The van der Waals surface area contributed by atoms with Crippen molar-refractivity contribution in [3.05, 3.63) is 23.8 Å². The molecule has 0 unspecified atom stereocenters. The van der Waals surface area contributed by atoms with Crippen molar-refractivity contribution in [2.75, 3.05) is 13.1 Å². The smallest absolute Gasteiger partial charge is 0.231 e. The number of allylic oxidation sites excluding steroid dienone is 2. The summed E-state index contributed by atoms with van der Waals surface area (Å²) in [4.78, 5) is 10.4. The number of nitrogens with one attached hydrogen (secondary N) is 1. The Bertz CT molecular complexity index is 219. The van der Waals surface area contributed by atoms with Crippen LogP contribution in [0.4, 0.5) is 0 Å². The van der Waals surface area contributed by atoms with E-state index in [1.54, 1.807) is 0 Å². The summed E-state index contributed by atoms with van der Waals surface area (Å²) in [5.74, 6) is -0.310. The third kappa shape index (κ3) is 3.34. The molecule has 0 fully saturated rings. The van der Waals surface area contributed by atoms with Crippen LogP contribution in [0.3, 0.4) is 0 Å². The summed E-state index contributed by atoms with van der Waals surface area (Å²) in [5, 5.41) is 2.96. The lowest BCUT2D eigenvalue weighted by molar-refractivity contribution is -0.117. The minimum atomic E-state index is -0.310. The average molecular weight is 166 g/mol. The van der Waals surface area contributed by atoms with Crippen LogP contribution in [-0.2, 0) is 4.79 Å². The first-order valence-corrected chi connectivity index (χ1v) is 4.13. The molecule has 1 aliphatic rings. The second-order valence-electron chi connectivity index (χ2n) is 2.83. The van der Waals surface area contributed by atoms with Crippen molar-refractivity contribution >= 4 is 5.91 Å². The van der Waals surface area contributed by atoms with E-state index in [-0.39, 0.29) is 12.5 Å². The third-order valence-electron chi connectivity index (χ3n) is 1.70. The molecule has 0 atom stereocenters. The maximum absolute atomic E-state index is 10.4. The lowest BCUT2D eigenvalue weighted by Crippen LogP contribution is -2.29. The maximum atomic E-state index is 10.4. The number of nitrogens with two attached hydrogens (primary N) is 1. The zero-order chi connectivity index (χ0) is 8.81. The largest absolute Gasteiger partial charge is 0.369 e. The monoisotopic (exact) mass is 166 g/mol. The van der Waals surface area contributed by atoms with Gasteiger partial charge in [-0.1, -0.05) is 18.2 Å². The fraction of sp³-hybridized carbons (Fsp3) is 0.444. The number of rotatable bonds is 4. The van der Waals surface area contributed by atoms with Crippen LogP contribution in [-0.4, -0.2) is 19.0 Å². The molecule has 0 saturated carbocycles. The number of carbonyl (C=O) groups is 1. The first-order valence-electron chi connectivity index (χ1n) is 4.13. The van der Waals surface area contributed by atoms with Gasteiger partial charge in [0.2, 0.25) is 5.91 Å². The van der Waals surface area contributed by atoms with Crippen LogP contribution in [0, 0.1) is 0 Å². The van der Waals surface area contributed by atoms with Crippen molar-refractivity contribution in [3.63, 3.8) is 0 Å². The number of hydrogen-bond acceptors (Lipinski definition) is 2. The first-order chi connectivity index (χ1) is 5.79. The van der Waals surface area contributed by atoms with Gasteiger partial charge in [0.25, 0.3) is 0 Å². The topological polar surface area (TPSA) is 55.1 Å². The van der Waals surface area contributed by atoms with Gasteiger partial charge in [0.15, 0.2) is 0 Å². The molecule has 1 aliphatic carbocycles. The summed E-state index contributed by atoms with van der Waals surface area (Å²) >= 11 is 0. The molecule has 12 heavy (non-hydrogen) atoms. The van der Waals surface area contributed by atoms with Gasteiger partial charge in [-0.15, -0.1) is 0 Å². The molecule has 1 rings (SSSR count). The highest BCUT2D eigenvalue weighted by Crippen LogP contribution is 2.07.